The molecule has 1 amide bonds. The van der Waals surface area contributed by atoms with E-state index in [4.69, 9.17) is 0 Å². The smallest absolute Gasteiger partial charge is 0.220 e. The topological polar surface area (TPSA) is 35.6 Å². The zero-order chi connectivity index (χ0) is 22.0. The van der Waals surface area contributed by atoms with Crippen molar-refractivity contribution >= 4 is 11.6 Å². The third kappa shape index (κ3) is 6.21. The van der Waals surface area contributed by atoms with Crippen LogP contribution in [-0.4, -0.2) is 50.1 Å². The molecule has 0 bridgehead atoms. The van der Waals surface area contributed by atoms with Gasteiger partial charge in [0.25, 0.3) is 0 Å². The summed E-state index contributed by atoms with van der Waals surface area (Å²) in [5.74, 6) is 0.208. The Kier molecular flexibility index (Phi) is 7.94. The fraction of sp³-hybridized carbons (Fsp3) is 0.321. The van der Waals surface area contributed by atoms with Gasteiger partial charge in [-0.2, -0.15) is 0 Å². The van der Waals surface area contributed by atoms with Crippen LogP contribution in [0.4, 0.5) is 5.69 Å². The third-order valence-electron chi connectivity index (χ3n) is 6.26. The minimum absolute atomic E-state index is 0.0865. The van der Waals surface area contributed by atoms with Crippen molar-refractivity contribution in [2.75, 3.05) is 44.2 Å². The van der Waals surface area contributed by atoms with Gasteiger partial charge >= 0.3 is 0 Å². The molecule has 4 rings (SSSR count). The molecule has 166 valence electrons. The first-order chi connectivity index (χ1) is 15.8. The molecule has 4 nitrogen and oxygen atoms in total. The summed E-state index contributed by atoms with van der Waals surface area (Å²) in [4.78, 5) is 17.7. The van der Waals surface area contributed by atoms with Crippen molar-refractivity contribution in [3.05, 3.63) is 102 Å². The van der Waals surface area contributed by atoms with E-state index in [1.807, 2.05) is 36.4 Å². The maximum absolute atomic E-state index is 12.7. The van der Waals surface area contributed by atoms with Crippen molar-refractivity contribution in [3.8, 4) is 0 Å². The van der Waals surface area contributed by atoms with Gasteiger partial charge in [-0.15, -0.1) is 0 Å². The summed E-state index contributed by atoms with van der Waals surface area (Å²) < 4.78 is 0. The van der Waals surface area contributed by atoms with Crippen LogP contribution in [0.5, 0.6) is 0 Å². The summed E-state index contributed by atoms with van der Waals surface area (Å²) in [6, 6.07) is 31.3. The average Bonchev–Trinajstić information content (AvgIpc) is 2.87. The van der Waals surface area contributed by atoms with E-state index in [2.05, 4.69) is 69.7 Å². The van der Waals surface area contributed by atoms with Crippen molar-refractivity contribution in [1.29, 1.82) is 0 Å². The quantitative estimate of drug-likeness (QED) is 0.510. The number of rotatable bonds is 9. The molecular weight excluding hydrogens is 394 g/mol. The molecule has 1 heterocycles. The molecule has 0 unspecified atom stereocenters. The van der Waals surface area contributed by atoms with E-state index in [9.17, 15) is 4.79 Å². The molecule has 1 N–H and O–H groups in total. The van der Waals surface area contributed by atoms with Crippen molar-refractivity contribution in [2.45, 2.75) is 18.8 Å². The van der Waals surface area contributed by atoms with Crippen molar-refractivity contribution in [1.82, 2.24) is 10.2 Å². The van der Waals surface area contributed by atoms with E-state index in [-0.39, 0.29) is 11.8 Å². The molecule has 0 spiro atoms. The van der Waals surface area contributed by atoms with Gasteiger partial charge in [-0.25, -0.2) is 0 Å². The van der Waals surface area contributed by atoms with Gasteiger partial charge in [0.15, 0.2) is 0 Å². The van der Waals surface area contributed by atoms with Crippen molar-refractivity contribution in [3.63, 3.8) is 0 Å². The summed E-state index contributed by atoms with van der Waals surface area (Å²) >= 11 is 0. The molecule has 1 aliphatic heterocycles. The first kappa shape index (κ1) is 22.1. The monoisotopic (exact) mass is 427 g/mol. The number of nitrogens with one attached hydrogen (secondary N) is 1. The molecule has 0 aromatic heterocycles. The highest BCUT2D eigenvalue weighted by molar-refractivity contribution is 5.77. The SMILES string of the molecule is O=C(CC(c1ccccc1)c1ccccc1)NCCCN1CCN(c2ccccc2)CC1. The van der Waals surface area contributed by atoms with Gasteiger partial charge in [-0.05, 0) is 36.2 Å². The number of nitrogens with zero attached hydrogens (tertiary/aromatic N) is 2. The van der Waals surface area contributed by atoms with E-state index in [0.29, 0.717) is 6.42 Å². The summed E-state index contributed by atoms with van der Waals surface area (Å²) in [7, 11) is 0. The summed E-state index contributed by atoms with van der Waals surface area (Å²) in [5, 5.41) is 3.15. The molecule has 1 aliphatic rings. The van der Waals surface area contributed by atoms with Crippen LogP contribution in [0.2, 0.25) is 0 Å². The second-order valence-electron chi connectivity index (χ2n) is 8.45. The number of carbonyl (C=O) groups excluding carboxylic acids is 1. The van der Waals surface area contributed by atoms with Gasteiger partial charge in [-0.1, -0.05) is 78.9 Å². The van der Waals surface area contributed by atoms with Gasteiger partial charge in [0, 0.05) is 50.7 Å². The summed E-state index contributed by atoms with van der Waals surface area (Å²) in [6.45, 7) is 6.04. The molecule has 0 aliphatic carbocycles. The number of hydrogen-bond donors (Lipinski definition) is 1. The largest absolute Gasteiger partial charge is 0.369 e. The van der Waals surface area contributed by atoms with Crippen molar-refractivity contribution in [2.24, 2.45) is 0 Å². The number of para-hydroxylation sites is 1. The van der Waals surface area contributed by atoms with E-state index in [1.165, 1.54) is 16.8 Å². The molecular formula is C28H33N3O. The number of benzene rings is 3. The molecule has 3 aromatic rings. The molecule has 4 heteroatoms. The van der Waals surface area contributed by atoms with Crippen molar-refractivity contribution < 1.29 is 4.79 Å². The fourth-order valence-corrected chi connectivity index (χ4v) is 4.46. The Bertz CT molecular complexity index is 899. The Morgan fingerprint density at radius 1 is 0.750 bits per heavy atom. The predicted octanol–water partition coefficient (Wildman–Crippen LogP) is 4.54. The van der Waals surface area contributed by atoms with E-state index >= 15 is 0 Å². The van der Waals surface area contributed by atoms with Crippen LogP contribution in [0.25, 0.3) is 0 Å². The highest BCUT2D eigenvalue weighted by atomic mass is 16.1. The van der Waals surface area contributed by atoms with Crippen LogP contribution in [0.1, 0.15) is 29.9 Å². The second kappa shape index (κ2) is 11.5. The molecule has 1 saturated heterocycles. The number of piperazine rings is 1. The minimum atomic E-state index is 0.0865. The lowest BCUT2D eigenvalue weighted by atomic mass is 9.88. The first-order valence-electron chi connectivity index (χ1n) is 11.7. The van der Waals surface area contributed by atoms with Gasteiger partial charge < -0.3 is 10.2 Å². The standard InChI is InChI=1S/C28H33N3O/c32-28(23-27(24-11-4-1-5-12-24)25-13-6-2-7-14-25)29-17-10-18-30-19-21-31(22-20-30)26-15-8-3-9-16-26/h1-9,11-16,27H,10,17-23H2,(H,29,32). The Hall–Kier alpha value is -3.11. The fourth-order valence-electron chi connectivity index (χ4n) is 4.46. The Labute approximate surface area is 191 Å². The highest BCUT2D eigenvalue weighted by Crippen LogP contribution is 2.27. The number of hydrogen-bond acceptors (Lipinski definition) is 3. The van der Waals surface area contributed by atoms with Gasteiger partial charge in [-0.3, -0.25) is 9.69 Å². The summed E-state index contributed by atoms with van der Waals surface area (Å²) in [6.07, 6.45) is 1.46. The molecule has 0 atom stereocenters. The summed E-state index contributed by atoms with van der Waals surface area (Å²) in [5.41, 5.74) is 3.68. The van der Waals surface area contributed by atoms with E-state index in [1.54, 1.807) is 0 Å². The molecule has 0 radical (unpaired) electrons. The zero-order valence-electron chi connectivity index (χ0n) is 18.7. The van der Waals surface area contributed by atoms with Crippen LogP contribution in [0.15, 0.2) is 91.0 Å². The van der Waals surface area contributed by atoms with Crippen LogP contribution in [-0.2, 0) is 4.79 Å². The van der Waals surface area contributed by atoms with E-state index in [0.717, 1.165) is 45.7 Å². The Balaban J connectivity index is 1.20. The normalized spacial score (nSPS) is 14.5. The Morgan fingerprint density at radius 2 is 1.28 bits per heavy atom. The zero-order valence-corrected chi connectivity index (χ0v) is 18.7. The highest BCUT2D eigenvalue weighted by Gasteiger charge is 2.19. The number of anilines is 1. The molecule has 1 fully saturated rings. The van der Waals surface area contributed by atoms with Gasteiger partial charge in [0.1, 0.15) is 0 Å². The number of amides is 1. The molecule has 0 saturated carbocycles. The molecule has 32 heavy (non-hydrogen) atoms. The lowest BCUT2D eigenvalue weighted by Gasteiger charge is -2.36. The maximum atomic E-state index is 12.7. The number of carbonyl (C=O) groups is 1. The van der Waals surface area contributed by atoms with Gasteiger partial charge in [0.2, 0.25) is 5.91 Å². The predicted molar refractivity (Wildman–Crippen MR) is 132 cm³/mol. The van der Waals surface area contributed by atoms with Crippen LogP contribution < -0.4 is 10.2 Å². The minimum Gasteiger partial charge on any atom is -0.369 e. The first-order valence-corrected chi connectivity index (χ1v) is 11.7. The average molecular weight is 428 g/mol. The van der Waals surface area contributed by atoms with Crippen LogP contribution >= 0.6 is 0 Å². The maximum Gasteiger partial charge on any atom is 0.220 e. The van der Waals surface area contributed by atoms with Crippen LogP contribution in [0.3, 0.4) is 0 Å². The van der Waals surface area contributed by atoms with Gasteiger partial charge in [0.05, 0.1) is 0 Å². The lowest BCUT2D eigenvalue weighted by Crippen LogP contribution is -2.47. The second-order valence-corrected chi connectivity index (χ2v) is 8.45. The van der Waals surface area contributed by atoms with E-state index < -0.39 is 0 Å². The van der Waals surface area contributed by atoms with Crippen LogP contribution in [0, 0.1) is 0 Å². The molecule has 3 aromatic carbocycles. The Morgan fingerprint density at radius 3 is 1.84 bits per heavy atom. The lowest BCUT2D eigenvalue weighted by molar-refractivity contribution is -0.121. The third-order valence-corrected chi connectivity index (χ3v) is 6.26.